The molecule has 0 bridgehead atoms. The van der Waals surface area contributed by atoms with Crippen LogP contribution in [0.15, 0.2) is 54.6 Å². The van der Waals surface area contributed by atoms with Gasteiger partial charge in [-0.1, -0.05) is 60.5 Å². The Labute approximate surface area is 229 Å². The SMILES string of the molecule is CC(C)(C)OC(=O)N1CC2(CCC2)CC1[C@@H](C(=O)N1C(=O)OCC1Cc1ccccc1)c1ccc(Cl)cc1. The van der Waals surface area contributed by atoms with Crippen molar-refractivity contribution in [3.05, 3.63) is 70.7 Å². The van der Waals surface area contributed by atoms with Crippen LogP contribution in [0.4, 0.5) is 9.59 Å². The number of imide groups is 1. The van der Waals surface area contributed by atoms with Crippen molar-refractivity contribution in [2.75, 3.05) is 13.2 Å². The maximum absolute atomic E-state index is 14.4. The molecule has 1 aliphatic carbocycles. The molecule has 2 aliphatic heterocycles. The van der Waals surface area contributed by atoms with Gasteiger partial charge in [0.15, 0.2) is 0 Å². The van der Waals surface area contributed by atoms with E-state index in [0.29, 0.717) is 30.0 Å². The van der Waals surface area contributed by atoms with Crippen LogP contribution in [0, 0.1) is 5.41 Å². The van der Waals surface area contributed by atoms with Gasteiger partial charge in [-0.3, -0.25) is 4.79 Å². The molecule has 1 spiro atoms. The van der Waals surface area contributed by atoms with E-state index in [-0.39, 0.29) is 17.9 Å². The lowest BCUT2D eigenvalue weighted by Gasteiger charge is -2.38. The first-order chi connectivity index (χ1) is 18.1. The van der Waals surface area contributed by atoms with Gasteiger partial charge in [-0.05, 0) is 75.1 Å². The summed E-state index contributed by atoms with van der Waals surface area (Å²) in [5.41, 5.74) is 1.03. The van der Waals surface area contributed by atoms with E-state index in [1.165, 1.54) is 4.90 Å². The average molecular weight is 539 g/mol. The first-order valence-corrected chi connectivity index (χ1v) is 13.7. The summed E-state index contributed by atoms with van der Waals surface area (Å²) in [5.74, 6) is -1.12. The molecule has 3 fully saturated rings. The van der Waals surface area contributed by atoms with Crippen molar-refractivity contribution in [2.24, 2.45) is 5.41 Å². The number of carbonyl (C=O) groups is 3. The van der Waals surface area contributed by atoms with Gasteiger partial charge in [0, 0.05) is 11.6 Å². The second-order valence-corrected chi connectivity index (χ2v) is 12.3. The molecule has 2 unspecified atom stereocenters. The third-order valence-corrected chi connectivity index (χ3v) is 8.24. The molecule has 0 aromatic heterocycles. The van der Waals surface area contributed by atoms with Crippen LogP contribution in [0.5, 0.6) is 0 Å². The highest BCUT2D eigenvalue weighted by Gasteiger charge is 2.55. The van der Waals surface area contributed by atoms with Crippen LogP contribution in [-0.2, 0) is 20.7 Å². The molecule has 1 saturated carbocycles. The van der Waals surface area contributed by atoms with Crippen molar-refractivity contribution in [1.29, 1.82) is 0 Å². The molecule has 7 nitrogen and oxygen atoms in total. The van der Waals surface area contributed by atoms with Crippen LogP contribution in [0.1, 0.15) is 63.5 Å². The molecule has 38 heavy (non-hydrogen) atoms. The van der Waals surface area contributed by atoms with Crippen LogP contribution < -0.4 is 0 Å². The summed E-state index contributed by atoms with van der Waals surface area (Å²) in [7, 11) is 0. The largest absolute Gasteiger partial charge is 0.447 e. The van der Waals surface area contributed by atoms with Crippen molar-refractivity contribution in [1.82, 2.24) is 9.80 Å². The minimum Gasteiger partial charge on any atom is -0.447 e. The third-order valence-electron chi connectivity index (χ3n) is 7.98. The van der Waals surface area contributed by atoms with Gasteiger partial charge in [0.1, 0.15) is 12.2 Å². The molecular formula is C30H35ClN2O5. The second-order valence-electron chi connectivity index (χ2n) is 11.9. The predicted molar refractivity (Wildman–Crippen MR) is 144 cm³/mol. The Bertz CT molecular complexity index is 1190. The second kappa shape index (κ2) is 10.3. The number of hydrogen-bond donors (Lipinski definition) is 0. The van der Waals surface area contributed by atoms with E-state index in [9.17, 15) is 14.4 Å². The van der Waals surface area contributed by atoms with Gasteiger partial charge in [-0.2, -0.15) is 0 Å². The van der Waals surface area contributed by atoms with Crippen molar-refractivity contribution in [3.8, 4) is 0 Å². The summed E-state index contributed by atoms with van der Waals surface area (Å²) in [6.45, 7) is 6.20. The fraction of sp³-hybridized carbons (Fsp3) is 0.500. The van der Waals surface area contributed by atoms with E-state index in [2.05, 4.69) is 0 Å². The van der Waals surface area contributed by atoms with E-state index in [1.54, 1.807) is 17.0 Å². The number of rotatable bonds is 5. The average Bonchev–Trinajstić information content (AvgIpc) is 3.41. The number of cyclic esters (lactones) is 1. The van der Waals surface area contributed by atoms with Crippen LogP contribution in [-0.4, -0.2) is 58.7 Å². The molecule has 8 heteroatoms. The summed E-state index contributed by atoms with van der Waals surface area (Å²) in [5, 5.41) is 0.549. The molecule has 2 saturated heterocycles. The summed E-state index contributed by atoms with van der Waals surface area (Å²) >= 11 is 6.19. The number of nitrogens with zero attached hydrogens (tertiary/aromatic N) is 2. The van der Waals surface area contributed by atoms with Gasteiger partial charge in [-0.15, -0.1) is 0 Å². The zero-order chi connectivity index (χ0) is 27.1. The molecule has 3 amide bonds. The minimum atomic E-state index is -0.760. The molecule has 0 N–H and O–H groups in total. The third kappa shape index (κ3) is 5.39. The zero-order valence-corrected chi connectivity index (χ0v) is 22.9. The van der Waals surface area contributed by atoms with Gasteiger partial charge in [0.05, 0.1) is 18.0 Å². The van der Waals surface area contributed by atoms with E-state index in [1.807, 2.05) is 63.2 Å². The summed E-state index contributed by atoms with van der Waals surface area (Å²) in [6.07, 6.45) is 3.22. The lowest BCUT2D eigenvalue weighted by molar-refractivity contribution is -0.132. The standard InChI is InChI=1S/C30H35ClN2O5/c1-29(2,3)38-27(35)32-19-30(14-7-15-30)17-24(32)25(21-10-12-22(31)13-11-21)26(34)33-23(18-37-28(33)36)16-20-8-5-4-6-9-20/h4-6,8-13,23-25H,7,14-19H2,1-3H3/t23?,24?,25-/m0/s1. The lowest BCUT2D eigenvalue weighted by Crippen LogP contribution is -2.50. The smallest absolute Gasteiger partial charge is 0.417 e. The Morgan fingerprint density at radius 1 is 1.11 bits per heavy atom. The number of amides is 3. The van der Waals surface area contributed by atoms with Crippen molar-refractivity contribution in [2.45, 2.75) is 76.5 Å². The first kappa shape index (κ1) is 26.5. The number of carbonyl (C=O) groups excluding carboxylic acids is 3. The quantitative estimate of drug-likeness (QED) is 0.453. The van der Waals surface area contributed by atoms with Crippen LogP contribution in [0.3, 0.4) is 0 Å². The van der Waals surface area contributed by atoms with E-state index in [4.69, 9.17) is 21.1 Å². The summed E-state index contributed by atoms with van der Waals surface area (Å²) in [4.78, 5) is 43.9. The molecule has 0 radical (unpaired) electrons. The summed E-state index contributed by atoms with van der Waals surface area (Å²) < 4.78 is 11.2. The molecule has 3 aliphatic rings. The maximum Gasteiger partial charge on any atom is 0.417 e. The molecule has 2 aromatic carbocycles. The van der Waals surface area contributed by atoms with Gasteiger partial charge in [0.2, 0.25) is 5.91 Å². The van der Waals surface area contributed by atoms with E-state index < -0.39 is 35.8 Å². The topological polar surface area (TPSA) is 76.2 Å². The molecular weight excluding hydrogens is 504 g/mol. The molecule has 3 atom stereocenters. The normalized spacial score (nSPS) is 23.2. The highest BCUT2D eigenvalue weighted by atomic mass is 35.5. The molecule has 2 heterocycles. The predicted octanol–water partition coefficient (Wildman–Crippen LogP) is 6.19. The molecule has 5 rings (SSSR count). The van der Waals surface area contributed by atoms with Crippen molar-refractivity contribution < 1.29 is 23.9 Å². The number of benzene rings is 2. The highest BCUT2D eigenvalue weighted by molar-refractivity contribution is 6.30. The monoisotopic (exact) mass is 538 g/mol. The Morgan fingerprint density at radius 2 is 1.79 bits per heavy atom. The lowest BCUT2D eigenvalue weighted by atomic mass is 9.66. The van der Waals surface area contributed by atoms with E-state index in [0.717, 1.165) is 24.8 Å². The van der Waals surface area contributed by atoms with Crippen LogP contribution in [0.25, 0.3) is 0 Å². The number of hydrogen-bond acceptors (Lipinski definition) is 5. The van der Waals surface area contributed by atoms with Gasteiger partial charge < -0.3 is 14.4 Å². The minimum absolute atomic E-state index is 0.0263. The Balaban J connectivity index is 1.51. The number of halogens is 1. The fourth-order valence-electron chi connectivity index (χ4n) is 6.07. The Hall–Kier alpha value is -3.06. The molecule has 2 aromatic rings. The zero-order valence-electron chi connectivity index (χ0n) is 22.2. The van der Waals surface area contributed by atoms with E-state index >= 15 is 0 Å². The number of ether oxygens (including phenoxy) is 2. The Morgan fingerprint density at radius 3 is 2.39 bits per heavy atom. The number of likely N-dealkylation sites (tertiary alicyclic amines) is 1. The van der Waals surface area contributed by atoms with Gasteiger partial charge >= 0.3 is 12.2 Å². The maximum atomic E-state index is 14.4. The van der Waals surface area contributed by atoms with Crippen LogP contribution >= 0.6 is 11.6 Å². The summed E-state index contributed by atoms with van der Waals surface area (Å²) in [6, 6.07) is 16.0. The van der Waals surface area contributed by atoms with Crippen LogP contribution in [0.2, 0.25) is 5.02 Å². The fourth-order valence-corrected chi connectivity index (χ4v) is 6.20. The van der Waals surface area contributed by atoms with Gasteiger partial charge in [-0.25, -0.2) is 14.5 Å². The Kier molecular flexibility index (Phi) is 7.16. The molecule has 202 valence electrons. The highest BCUT2D eigenvalue weighted by Crippen LogP contribution is 2.53. The van der Waals surface area contributed by atoms with Crippen molar-refractivity contribution >= 4 is 29.7 Å². The first-order valence-electron chi connectivity index (χ1n) is 13.3. The van der Waals surface area contributed by atoms with Crippen molar-refractivity contribution in [3.63, 3.8) is 0 Å². The van der Waals surface area contributed by atoms with Gasteiger partial charge in [0.25, 0.3) is 0 Å².